The van der Waals surface area contributed by atoms with Crippen molar-refractivity contribution in [2.24, 2.45) is 5.10 Å². The summed E-state index contributed by atoms with van der Waals surface area (Å²) < 4.78 is 0.934. The van der Waals surface area contributed by atoms with Crippen molar-refractivity contribution in [3.05, 3.63) is 73.2 Å². The van der Waals surface area contributed by atoms with Crippen molar-refractivity contribution in [1.29, 1.82) is 0 Å². The molecule has 0 fully saturated rings. The Balaban J connectivity index is 1.96. The number of amides is 1. The van der Waals surface area contributed by atoms with Crippen LogP contribution in [0.3, 0.4) is 0 Å². The van der Waals surface area contributed by atoms with Crippen LogP contribution >= 0.6 is 27.5 Å². The Morgan fingerprint density at radius 3 is 2.65 bits per heavy atom. The van der Waals surface area contributed by atoms with E-state index in [4.69, 9.17) is 11.6 Å². The third kappa shape index (κ3) is 5.15. The molecule has 0 atom stereocenters. The molecule has 0 bridgehead atoms. The Morgan fingerprint density at radius 1 is 1.30 bits per heavy atom. The highest BCUT2D eigenvalue weighted by Crippen LogP contribution is 2.24. The molecule has 1 N–H and O–H groups in total. The summed E-state index contributed by atoms with van der Waals surface area (Å²) in [6, 6.07) is 11.6. The van der Waals surface area contributed by atoms with E-state index >= 15 is 0 Å². The molecule has 0 unspecified atom stereocenters. The number of nitro benzene ring substituents is 1. The van der Waals surface area contributed by atoms with E-state index in [-0.39, 0.29) is 23.0 Å². The number of hydrogen-bond donors (Lipinski definition) is 1. The molecule has 0 spiro atoms. The molecule has 0 radical (unpaired) electrons. The van der Waals surface area contributed by atoms with Gasteiger partial charge in [-0.2, -0.15) is 5.10 Å². The topological polar surface area (TPSA) is 84.6 Å². The number of nitrogens with zero attached hydrogens (tertiary/aromatic N) is 2. The predicted octanol–water partition coefficient (Wildman–Crippen LogP) is 3.70. The molecule has 0 saturated heterocycles. The van der Waals surface area contributed by atoms with Crippen LogP contribution in [0.4, 0.5) is 5.69 Å². The Kier molecular flexibility index (Phi) is 5.84. The van der Waals surface area contributed by atoms with Gasteiger partial charge < -0.3 is 0 Å². The molecule has 2 rings (SSSR count). The van der Waals surface area contributed by atoms with E-state index < -0.39 is 4.92 Å². The van der Waals surface area contributed by atoms with Gasteiger partial charge in [-0.25, -0.2) is 5.43 Å². The maximum atomic E-state index is 11.8. The predicted molar refractivity (Wildman–Crippen MR) is 91.7 cm³/mol. The quantitative estimate of drug-likeness (QED) is 0.475. The zero-order chi connectivity index (χ0) is 16.8. The third-order valence-corrected chi connectivity index (χ3v) is 3.70. The van der Waals surface area contributed by atoms with Gasteiger partial charge in [-0.15, -0.1) is 0 Å². The van der Waals surface area contributed by atoms with E-state index in [0.717, 1.165) is 10.0 Å². The molecule has 0 aliphatic rings. The van der Waals surface area contributed by atoms with Gasteiger partial charge in [0.25, 0.3) is 5.69 Å². The van der Waals surface area contributed by atoms with Crippen LogP contribution in [0, 0.1) is 10.1 Å². The van der Waals surface area contributed by atoms with Crippen molar-refractivity contribution < 1.29 is 9.72 Å². The SMILES string of the molecule is O=C(Cc1ccc(Br)cc1)NN=Cc1ccc(Cl)c([N+](=O)[O-])c1. The molecule has 2 aromatic rings. The van der Waals surface area contributed by atoms with E-state index in [0.29, 0.717) is 5.56 Å². The molecule has 1 amide bonds. The van der Waals surface area contributed by atoms with Crippen LogP contribution in [-0.2, 0) is 11.2 Å². The Morgan fingerprint density at radius 2 is 2.00 bits per heavy atom. The fourth-order valence-corrected chi connectivity index (χ4v) is 2.21. The van der Waals surface area contributed by atoms with Gasteiger partial charge in [-0.3, -0.25) is 14.9 Å². The lowest BCUT2D eigenvalue weighted by atomic mass is 10.1. The molecular formula is C15H11BrClN3O3. The summed E-state index contributed by atoms with van der Waals surface area (Å²) in [6.45, 7) is 0. The number of nitro groups is 1. The number of carbonyl (C=O) groups is 1. The fraction of sp³-hybridized carbons (Fsp3) is 0.0667. The minimum Gasteiger partial charge on any atom is -0.273 e. The highest BCUT2D eigenvalue weighted by Gasteiger charge is 2.11. The van der Waals surface area contributed by atoms with Gasteiger partial charge >= 0.3 is 0 Å². The van der Waals surface area contributed by atoms with Gasteiger partial charge in [0.05, 0.1) is 17.6 Å². The van der Waals surface area contributed by atoms with Crippen molar-refractivity contribution in [1.82, 2.24) is 5.43 Å². The second-order valence-electron chi connectivity index (χ2n) is 4.56. The summed E-state index contributed by atoms with van der Waals surface area (Å²) in [4.78, 5) is 22.0. The van der Waals surface area contributed by atoms with Gasteiger partial charge in [0.15, 0.2) is 0 Å². The maximum absolute atomic E-state index is 11.8. The van der Waals surface area contributed by atoms with Gasteiger partial charge in [-0.1, -0.05) is 45.7 Å². The normalized spacial score (nSPS) is 10.7. The second kappa shape index (κ2) is 7.85. The van der Waals surface area contributed by atoms with E-state index in [1.807, 2.05) is 24.3 Å². The van der Waals surface area contributed by atoms with Crippen LogP contribution in [0.25, 0.3) is 0 Å². The lowest BCUT2D eigenvalue weighted by molar-refractivity contribution is -0.384. The molecule has 0 saturated carbocycles. The van der Waals surface area contributed by atoms with Gasteiger partial charge in [0.1, 0.15) is 5.02 Å². The molecule has 118 valence electrons. The number of hydrogen-bond acceptors (Lipinski definition) is 4. The van der Waals surface area contributed by atoms with E-state index in [9.17, 15) is 14.9 Å². The number of carbonyl (C=O) groups excluding carboxylic acids is 1. The molecule has 0 aliphatic carbocycles. The summed E-state index contributed by atoms with van der Waals surface area (Å²) in [6.07, 6.45) is 1.51. The van der Waals surface area contributed by atoms with Crippen LogP contribution in [0.5, 0.6) is 0 Å². The van der Waals surface area contributed by atoms with E-state index in [1.165, 1.54) is 18.3 Å². The first-order valence-corrected chi connectivity index (χ1v) is 7.63. The summed E-state index contributed by atoms with van der Waals surface area (Å²) in [5.74, 6) is -0.285. The zero-order valence-corrected chi connectivity index (χ0v) is 14.0. The first-order valence-electron chi connectivity index (χ1n) is 6.46. The Labute approximate surface area is 145 Å². The summed E-state index contributed by atoms with van der Waals surface area (Å²) in [5.41, 5.74) is 3.48. The van der Waals surface area contributed by atoms with Crippen LogP contribution in [0.2, 0.25) is 5.02 Å². The maximum Gasteiger partial charge on any atom is 0.288 e. The minimum absolute atomic E-state index is 0.0476. The summed E-state index contributed by atoms with van der Waals surface area (Å²) >= 11 is 9.04. The van der Waals surface area contributed by atoms with Crippen molar-refractivity contribution in [2.45, 2.75) is 6.42 Å². The summed E-state index contributed by atoms with van der Waals surface area (Å²) in [5, 5.41) is 14.6. The van der Waals surface area contributed by atoms with E-state index in [1.54, 1.807) is 6.07 Å². The number of rotatable bonds is 5. The monoisotopic (exact) mass is 395 g/mol. The molecular weight excluding hydrogens is 386 g/mol. The molecule has 0 aliphatic heterocycles. The van der Waals surface area contributed by atoms with Gasteiger partial charge in [-0.05, 0) is 23.8 Å². The number of nitrogens with one attached hydrogen (secondary N) is 1. The van der Waals surface area contributed by atoms with Crippen LogP contribution in [-0.4, -0.2) is 17.0 Å². The van der Waals surface area contributed by atoms with E-state index in [2.05, 4.69) is 26.5 Å². The van der Waals surface area contributed by atoms with Crippen molar-refractivity contribution in [3.8, 4) is 0 Å². The summed E-state index contributed by atoms with van der Waals surface area (Å²) in [7, 11) is 0. The third-order valence-electron chi connectivity index (χ3n) is 2.85. The number of benzene rings is 2. The lowest BCUT2D eigenvalue weighted by Crippen LogP contribution is -2.19. The molecule has 6 nitrogen and oxygen atoms in total. The molecule has 2 aromatic carbocycles. The average molecular weight is 397 g/mol. The molecule has 0 aromatic heterocycles. The molecule has 23 heavy (non-hydrogen) atoms. The van der Waals surface area contributed by atoms with Crippen molar-refractivity contribution >= 4 is 45.3 Å². The van der Waals surface area contributed by atoms with Gasteiger partial charge in [0, 0.05) is 16.1 Å². The van der Waals surface area contributed by atoms with Crippen molar-refractivity contribution in [3.63, 3.8) is 0 Å². The Bertz CT molecular complexity index is 763. The highest BCUT2D eigenvalue weighted by molar-refractivity contribution is 9.10. The smallest absolute Gasteiger partial charge is 0.273 e. The van der Waals surface area contributed by atoms with Crippen molar-refractivity contribution in [2.75, 3.05) is 0 Å². The Hall–Kier alpha value is -2.25. The second-order valence-corrected chi connectivity index (χ2v) is 5.89. The number of halogens is 2. The fourth-order valence-electron chi connectivity index (χ4n) is 1.76. The number of hydrazone groups is 1. The molecule has 8 heteroatoms. The largest absolute Gasteiger partial charge is 0.288 e. The lowest BCUT2D eigenvalue weighted by Gasteiger charge is -2.01. The van der Waals surface area contributed by atoms with Crippen LogP contribution < -0.4 is 5.43 Å². The van der Waals surface area contributed by atoms with Crippen LogP contribution in [0.1, 0.15) is 11.1 Å². The molecule has 0 heterocycles. The standard InChI is InChI=1S/C15H11BrClN3O3/c16-12-4-1-10(2-5-12)8-15(21)19-18-9-11-3-6-13(17)14(7-11)20(22)23/h1-7,9H,8H2,(H,19,21). The zero-order valence-electron chi connectivity index (χ0n) is 11.7. The average Bonchev–Trinajstić information content (AvgIpc) is 2.51. The van der Waals surface area contributed by atoms with Crippen LogP contribution in [0.15, 0.2) is 52.0 Å². The first-order chi connectivity index (χ1) is 11.0. The first kappa shape index (κ1) is 17.1. The van der Waals surface area contributed by atoms with Gasteiger partial charge in [0.2, 0.25) is 5.91 Å². The highest BCUT2D eigenvalue weighted by atomic mass is 79.9. The minimum atomic E-state index is -0.578.